The molecule has 0 saturated heterocycles. The van der Waals surface area contributed by atoms with E-state index in [1.807, 2.05) is 0 Å². The first kappa shape index (κ1) is 11.8. The second-order valence-electron chi connectivity index (χ2n) is 4.09. The molecule has 1 aliphatic rings. The first-order valence-corrected chi connectivity index (χ1v) is 4.97. The number of rotatable bonds is 1. The maximum atomic E-state index is 12.6. The lowest BCUT2D eigenvalue weighted by atomic mass is 9.92. The van der Waals surface area contributed by atoms with Crippen molar-refractivity contribution in [2.45, 2.75) is 18.6 Å². The van der Waals surface area contributed by atoms with Crippen LogP contribution in [0.15, 0.2) is 29.3 Å². The molecule has 2 rings (SSSR count). The zero-order valence-corrected chi connectivity index (χ0v) is 9.08. The Bertz CT molecular complexity index is 470. The van der Waals surface area contributed by atoms with E-state index in [0.29, 0.717) is 5.56 Å². The summed E-state index contributed by atoms with van der Waals surface area (Å²) in [6.45, 7) is 1.84. The normalized spacial score (nSPS) is 24.4. The van der Waals surface area contributed by atoms with E-state index < -0.39 is 17.3 Å². The molecule has 1 aliphatic heterocycles. The highest BCUT2D eigenvalue weighted by atomic mass is 19.4. The van der Waals surface area contributed by atoms with Crippen molar-refractivity contribution in [3.63, 3.8) is 0 Å². The molecule has 0 spiro atoms. The SMILES string of the molecule is CC1(c2cccc(C(F)(F)F)c2)COC(N)=N1. The molecule has 0 amide bonds. The van der Waals surface area contributed by atoms with Gasteiger partial charge in [-0.05, 0) is 24.6 Å². The smallest absolute Gasteiger partial charge is 0.416 e. The van der Waals surface area contributed by atoms with Crippen LogP contribution in [0.5, 0.6) is 0 Å². The first-order chi connectivity index (χ1) is 7.81. The third kappa shape index (κ3) is 2.20. The largest absolute Gasteiger partial charge is 0.462 e. The molecule has 92 valence electrons. The predicted octanol–water partition coefficient (Wildman–Crippen LogP) is 2.27. The van der Waals surface area contributed by atoms with Crippen LogP contribution >= 0.6 is 0 Å². The van der Waals surface area contributed by atoms with Crippen molar-refractivity contribution in [3.05, 3.63) is 35.4 Å². The van der Waals surface area contributed by atoms with Gasteiger partial charge in [-0.3, -0.25) is 0 Å². The number of hydrogen-bond donors (Lipinski definition) is 1. The van der Waals surface area contributed by atoms with Gasteiger partial charge < -0.3 is 10.5 Å². The van der Waals surface area contributed by atoms with Crippen molar-refractivity contribution >= 4 is 6.02 Å². The standard InChI is InChI=1S/C11H11F3N2O/c1-10(6-17-9(15)16-10)7-3-2-4-8(5-7)11(12,13)14/h2-5H,6H2,1H3,(H2,15,16). The second-order valence-corrected chi connectivity index (χ2v) is 4.09. The van der Waals surface area contributed by atoms with Crippen molar-refractivity contribution in [3.8, 4) is 0 Å². The summed E-state index contributed by atoms with van der Waals surface area (Å²) >= 11 is 0. The predicted molar refractivity (Wildman–Crippen MR) is 56.4 cm³/mol. The van der Waals surface area contributed by atoms with Gasteiger partial charge in [0.25, 0.3) is 6.02 Å². The van der Waals surface area contributed by atoms with Gasteiger partial charge in [-0.2, -0.15) is 13.2 Å². The summed E-state index contributed by atoms with van der Waals surface area (Å²) in [6.07, 6.45) is -4.36. The average Bonchev–Trinajstić information content (AvgIpc) is 2.59. The van der Waals surface area contributed by atoms with Crippen LogP contribution in [0, 0.1) is 0 Å². The molecule has 0 bridgehead atoms. The Balaban J connectivity index is 2.41. The molecule has 1 aromatic carbocycles. The Hall–Kier alpha value is -1.72. The van der Waals surface area contributed by atoms with E-state index in [1.54, 1.807) is 13.0 Å². The topological polar surface area (TPSA) is 47.6 Å². The van der Waals surface area contributed by atoms with Gasteiger partial charge in [0.05, 0.1) is 5.56 Å². The Morgan fingerprint density at radius 3 is 2.65 bits per heavy atom. The van der Waals surface area contributed by atoms with E-state index in [9.17, 15) is 13.2 Å². The summed E-state index contributed by atoms with van der Waals surface area (Å²) in [5.74, 6) is 0. The van der Waals surface area contributed by atoms with Gasteiger partial charge >= 0.3 is 6.18 Å². The number of nitrogens with two attached hydrogens (primary N) is 1. The molecule has 0 aromatic heterocycles. The molecule has 1 unspecified atom stereocenters. The van der Waals surface area contributed by atoms with Gasteiger partial charge in [0.1, 0.15) is 12.1 Å². The van der Waals surface area contributed by atoms with E-state index >= 15 is 0 Å². The number of aliphatic imine (C=N–C) groups is 1. The molecular weight excluding hydrogens is 233 g/mol. The molecule has 0 aliphatic carbocycles. The van der Waals surface area contributed by atoms with Gasteiger partial charge in [-0.1, -0.05) is 12.1 Å². The van der Waals surface area contributed by atoms with E-state index in [0.717, 1.165) is 12.1 Å². The lowest BCUT2D eigenvalue weighted by Crippen LogP contribution is -2.21. The molecule has 3 nitrogen and oxygen atoms in total. The number of amidine groups is 1. The Labute approximate surface area is 96.1 Å². The Morgan fingerprint density at radius 1 is 1.41 bits per heavy atom. The molecule has 2 N–H and O–H groups in total. The molecule has 0 saturated carbocycles. The van der Waals surface area contributed by atoms with Crippen LogP contribution < -0.4 is 5.73 Å². The number of hydrogen-bond acceptors (Lipinski definition) is 3. The highest BCUT2D eigenvalue weighted by Gasteiger charge is 2.36. The number of ether oxygens (including phenoxy) is 1. The fraction of sp³-hybridized carbons (Fsp3) is 0.364. The maximum absolute atomic E-state index is 12.6. The summed E-state index contributed by atoms with van der Waals surface area (Å²) in [5, 5.41) is 0. The fourth-order valence-corrected chi connectivity index (χ4v) is 1.70. The number of benzene rings is 1. The fourth-order valence-electron chi connectivity index (χ4n) is 1.70. The number of nitrogens with zero attached hydrogens (tertiary/aromatic N) is 1. The number of halogens is 3. The van der Waals surface area contributed by atoms with Crippen LogP contribution in [0.4, 0.5) is 13.2 Å². The van der Waals surface area contributed by atoms with Gasteiger partial charge in [0, 0.05) is 0 Å². The van der Waals surface area contributed by atoms with Crippen LogP contribution in [0.2, 0.25) is 0 Å². The number of alkyl halides is 3. The van der Waals surface area contributed by atoms with Crippen LogP contribution in [0.3, 0.4) is 0 Å². The van der Waals surface area contributed by atoms with Gasteiger partial charge in [0.2, 0.25) is 0 Å². The van der Waals surface area contributed by atoms with E-state index in [1.165, 1.54) is 6.07 Å². The van der Waals surface area contributed by atoms with Crippen molar-refractivity contribution in [1.82, 2.24) is 0 Å². The van der Waals surface area contributed by atoms with Crippen LogP contribution in [-0.2, 0) is 16.5 Å². The summed E-state index contributed by atoms with van der Waals surface area (Å²) in [7, 11) is 0. The maximum Gasteiger partial charge on any atom is 0.416 e. The molecule has 1 atom stereocenters. The molecule has 6 heteroatoms. The third-order valence-corrected chi connectivity index (χ3v) is 2.67. The van der Waals surface area contributed by atoms with E-state index in [-0.39, 0.29) is 12.6 Å². The first-order valence-electron chi connectivity index (χ1n) is 4.97. The van der Waals surface area contributed by atoms with E-state index in [2.05, 4.69) is 4.99 Å². The van der Waals surface area contributed by atoms with Crippen molar-refractivity contribution in [2.24, 2.45) is 10.7 Å². The van der Waals surface area contributed by atoms with Gasteiger partial charge in [0.15, 0.2) is 0 Å². The minimum absolute atomic E-state index is 0.00455. The van der Waals surface area contributed by atoms with Crippen molar-refractivity contribution in [1.29, 1.82) is 0 Å². The summed E-state index contributed by atoms with van der Waals surface area (Å²) in [5.41, 5.74) is 4.28. The van der Waals surface area contributed by atoms with Crippen LogP contribution in [0.25, 0.3) is 0 Å². The average molecular weight is 244 g/mol. The molecule has 0 radical (unpaired) electrons. The lowest BCUT2D eigenvalue weighted by Gasteiger charge is -2.19. The third-order valence-electron chi connectivity index (χ3n) is 2.67. The van der Waals surface area contributed by atoms with Crippen molar-refractivity contribution < 1.29 is 17.9 Å². The van der Waals surface area contributed by atoms with Crippen LogP contribution in [0.1, 0.15) is 18.1 Å². The molecule has 1 aromatic rings. The Kier molecular flexibility index (Phi) is 2.52. The van der Waals surface area contributed by atoms with Crippen molar-refractivity contribution in [2.75, 3.05) is 6.61 Å². The summed E-state index contributed by atoms with van der Waals surface area (Å²) in [6, 6.07) is 5.04. The van der Waals surface area contributed by atoms with E-state index in [4.69, 9.17) is 10.5 Å². The van der Waals surface area contributed by atoms with Crippen LogP contribution in [-0.4, -0.2) is 12.6 Å². The highest BCUT2D eigenvalue weighted by Crippen LogP contribution is 2.34. The summed E-state index contributed by atoms with van der Waals surface area (Å²) in [4.78, 5) is 4.02. The zero-order chi connectivity index (χ0) is 12.7. The monoisotopic (exact) mass is 244 g/mol. The molecule has 17 heavy (non-hydrogen) atoms. The quantitative estimate of drug-likeness (QED) is 0.823. The minimum atomic E-state index is -4.36. The Morgan fingerprint density at radius 2 is 2.12 bits per heavy atom. The summed E-state index contributed by atoms with van der Waals surface area (Å²) < 4.78 is 42.7. The highest BCUT2D eigenvalue weighted by molar-refractivity contribution is 5.74. The molecule has 0 fully saturated rings. The molecule has 1 heterocycles. The second kappa shape index (κ2) is 3.65. The van der Waals surface area contributed by atoms with Gasteiger partial charge in [-0.15, -0.1) is 0 Å². The zero-order valence-electron chi connectivity index (χ0n) is 9.08. The lowest BCUT2D eigenvalue weighted by molar-refractivity contribution is -0.137. The molecular formula is C11H11F3N2O. The minimum Gasteiger partial charge on any atom is -0.462 e. The van der Waals surface area contributed by atoms with Gasteiger partial charge in [-0.25, -0.2) is 4.99 Å².